The third-order valence-corrected chi connectivity index (χ3v) is 5.24. The van der Waals surface area contributed by atoms with Crippen molar-refractivity contribution in [2.24, 2.45) is 0 Å². The van der Waals surface area contributed by atoms with E-state index < -0.39 is 12.5 Å². The quantitative estimate of drug-likeness (QED) is 0.532. The summed E-state index contributed by atoms with van der Waals surface area (Å²) in [6.45, 7) is 0.423. The molecule has 1 N–H and O–H groups in total. The number of alkyl halides is 2. The number of hydrogen-bond donors (Lipinski definition) is 1. The fourth-order valence-electron chi connectivity index (χ4n) is 3.84. The van der Waals surface area contributed by atoms with Gasteiger partial charge < -0.3 is 10.1 Å². The average Bonchev–Trinajstić information content (AvgIpc) is 3.09. The van der Waals surface area contributed by atoms with Gasteiger partial charge in [-0.2, -0.15) is 0 Å². The number of amides is 1. The Balaban J connectivity index is 1.34. The predicted octanol–water partition coefficient (Wildman–Crippen LogP) is 6.18. The van der Waals surface area contributed by atoms with Crippen molar-refractivity contribution >= 4 is 12.2 Å². The van der Waals surface area contributed by atoms with Crippen LogP contribution in [0.3, 0.4) is 0 Å². The molecular formula is C25H21F2NO2. The van der Waals surface area contributed by atoms with Gasteiger partial charge in [0.15, 0.2) is 0 Å². The molecule has 4 rings (SSSR count). The van der Waals surface area contributed by atoms with Crippen LogP contribution in [0.1, 0.15) is 34.6 Å². The molecule has 0 atom stereocenters. The van der Waals surface area contributed by atoms with Crippen molar-refractivity contribution in [2.45, 2.75) is 12.3 Å². The summed E-state index contributed by atoms with van der Waals surface area (Å²) in [6, 6.07) is 22.5. The lowest BCUT2D eigenvalue weighted by Gasteiger charge is -2.14. The molecule has 0 saturated carbocycles. The Morgan fingerprint density at radius 2 is 1.53 bits per heavy atom. The highest BCUT2D eigenvalue weighted by Gasteiger charge is 2.28. The molecule has 0 aromatic heterocycles. The lowest BCUT2D eigenvalue weighted by molar-refractivity contribution is 0.144. The zero-order valence-electron chi connectivity index (χ0n) is 16.2. The Labute approximate surface area is 174 Å². The molecule has 0 spiro atoms. The molecule has 0 fully saturated rings. The van der Waals surface area contributed by atoms with Crippen LogP contribution in [0.15, 0.2) is 78.9 Å². The normalized spacial score (nSPS) is 12.8. The molecular weight excluding hydrogens is 384 g/mol. The first-order valence-electron chi connectivity index (χ1n) is 9.77. The minimum absolute atomic E-state index is 0.00314. The van der Waals surface area contributed by atoms with E-state index >= 15 is 0 Å². The van der Waals surface area contributed by atoms with Crippen molar-refractivity contribution in [3.8, 4) is 11.1 Å². The van der Waals surface area contributed by atoms with E-state index in [1.54, 1.807) is 30.4 Å². The first-order chi connectivity index (χ1) is 14.6. The van der Waals surface area contributed by atoms with Crippen molar-refractivity contribution in [3.63, 3.8) is 0 Å². The van der Waals surface area contributed by atoms with E-state index in [9.17, 15) is 13.6 Å². The van der Waals surface area contributed by atoms with Crippen molar-refractivity contribution in [2.75, 3.05) is 13.2 Å². The SMILES string of the molecule is O=C(NCC=Cc1ccccc1C(F)F)OCC1c2ccccc2-c2ccccc21. The van der Waals surface area contributed by atoms with E-state index in [1.165, 1.54) is 17.2 Å². The van der Waals surface area contributed by atoms with E-state index in [0.717, 1.165) is 11.1 Å². The zero-order valence-corrected chi connectivity index (χ0v) is 16.2. The number of carbonyl (C=O) groups excluding carboxylic acids is 1. The second-order valence-electron chi connectivity index (χ2n) is 7.04. The minimum Gasteiger partial charge on any atom is -0.449 e. The lowest BCUT2D eigenvalue weighted by atomic mass is 9.98. The Hall–Kier alpha value is -3.47. The second kappa shape index (κ2) is 8.91. The van der Waals surface area contributed by atoms with E-state index in [1.807, 2.05) is 24.3 Å². The number of rotatable bonds is 6. The smallest absolute Gasteiger partial charge is 0.407 e. The van der Waals surface area contributed by atoms with Crippen LogP contribution in [0.5, 0.6) is 0 Å². The molecule has 0 heterocycles. The van der Waals surface area contributed by atoms with Crippen molar-refractivity contribution < 1.29 is 18.3 Å². The Morgan fingerprint density at radius 3 is 2.20 bits per heavy atom. The number of benzene rings is 3. The van der Waals surface area contributed by atoms with Gasteiger partial charge in [0.1, 0.15) is 6.61 Å². The number of alkyl carbamates (subject to hydrolysis) is 1. The van der Waals surface area contributed by atoms with Gasteiger partial charge in [-0.05, 0) is 27.8 Å². The third-order valence-electron chi connectivity index (χ3n) is 5.24. The molecule has 0 radical (unpaired) electrons. The summed E-state index contributed by atoms with van der Waals surface area (Å²) in [5, 5.41) is 2.64. The van der Waals surface area contributed by atoms with Crippen LogP contribution in [-0.2, 0) is 4.74 Å². The number of nitrogens with one attached hydrogen (secondary N) is 1. The summed E-state index contributed by atoms with van der Waals surface area (Å²) in [7, 11) is 0. The molecule has 3 aromatic rings. The highest BCUT2D eigenvalue weighted by molar-refractivity contribution is 5.79. The fourth-order valence-corrected chi connectivity index (χ4v) is 3.84. The van der Waals surface area contributed by atoms with Gasteiger partial charge >= 0.3 is 6.09 Å². The second-order valence-corrected chi connectivity index (χ2v) is 7.04. The van der Waals surface area contributed by atoms with Crippen LogP contribution < -0.4 is 5.32 Å². The molecule has 152 valence electrons. The van der Waals surface area contributed by atoms with Crippen LogP contribution in [-0.4, -0.2) is 19.2 Å². The van der Waals surface area contributed by atoms with Crippen molar-refractivity contribution in [1.29, 1.82) is 0 Å². The van der Waals surface area contributed by atoms with Crippen LogP contribution in [0.2, 0.25) is 0 Å². The topological polar surface area (TPSA) is 38.3 Å². The van der Waals surface area contributed by atoms with E-state index in [-0.39, 0.29) is 24.6 Å². The Morgan fingerprint density at radius 1 is 0.933 bits per heavy atom. The molecule has 0 unspecified atom stereocenters. The van der Waals surface area contributed by atoms with Crippen LogP contribution >= 0.6 is 0 Å². The number of ether oxygens (including phenoxy) is 1. The molecule has 0 bridgehead atoms. The molecule has 0 aliphatic heterocycles. The number of hydrogen-bond acceptors (Lipinski definition) is 2. The predicted molar refractivity (Wildman–Crippen MR) is 114 cm³/mol. The Bertz CT molecular complexity index is 1030. The Kier molecular flexibility index (Phi) is 5.89. The van der Waals surface area contributed by atoms with E-state index in [4.69, 9.17) is 4.74 Å². The maximum absolute atomic E-state index is 13.0. The first-order valence-corrected chi connectivity index (χ1v) is 9.77. The van der Waals surface area contributed by atoms with Gasteiger partial charge in [-0.3, -0.25) is 0 Å². The maximum atomic E-state index is 13.0. The molecule has 1 aliphatic carbocycles. The van der Waals surface area contributed by atoms with Gasteiger partial charge in [-0.15, -0.1) is 0 Å². The zero-order chi connectivity index (χ0) is 20.9. The summed E-state index contributed by atoms with van der Waals surface area (Å²) >= 11 is 0. The summed E-state index contributed by atoms with van der Waals surface area (Å²) < 4.78 is 31.5. The highest BCUT2D eigenvalue weighted by Crippen LogP contribution is 2.44. The third kappa shape index (κ3) is 4.10. The number of fused-ring (bicyclic) bond motifs is 3. The molecule has 1 aliphatic rings. The largest absolute Gasteiger partial charge is 0.449 e. The standard InChI is InChI=1S/C25H21F2NO2/c26-24(27)18-10-2-1-8-17(18)9-7-15-28-25(29)30-16-23-21-13-5-3-11-19(21)20-12-4-6-14-22(20)23/h1-14,23-24H,15-16H2,(H,28,29). The van der Waals surface area contributed by atoms with Crippen molar-refractivity contribution in [1.82, 2.24) is 5.32 Å². The van der Waals surface area contributed by atoms with Crippen LogP contribution in [0.4, 0.5) is 13.6 Å². The molecule has 1 amide bonds. The van der Waals surface area contributed by atoms with Gasteiger partial charge in [-0.25, -0.2) is 13.6 Å². The first kappa shape index (κ1) is 19.8. The molecule has 3 aromatic carbocycles. The summed E-state index contributed by atoms with van der Waals surface area (Å²) in [4.78, 5) is 12.1. The molecule has 5 heteroatoms. The van der Waals surface area contributed by atoms with E-state index in [0.29, 0.717) is 5.56 Å². The van der Waals surface area contributed by atoms with Crippen LogP contribution in [0, 0.1) is 0 Å². The summed E-state index contributed by atoms with van der Waals surface area (Å²) in [6.07, 6.45) is 0.123. The lowest BCUT2D eigenvalue weighted by Crippen LogP contribution is -2.26. The molecule has 3 nitrogen and oxygen atoms in total. The number of carbonyl (C=O) groups is 1. The van der Waals surface area contributed by atoms with Gasteiger partial charge in [-0.1, -0.05) is 84.9 Å². The van der Waals surface area contributed by atoms with Crippen molar-refractivity contribution in [3.05, 3.63) is 101 Å². The van der Waals surface area contributed by atoms with Gasteiger partial charge in [0.2, 0.25) is 0 Å². The minimum atomic E-state index is -2.54. The molecule has 30 heavy (non-hydrogen) atoms. The number of halogens is 2. The van der Waals surface area contributed by atoms with Gasteiger partial charge in [0, 0.05) is 18.0 Å². The van der Waals surface area contributed by atoms with Gasteiger partial charge in [0.05, 0.1) is 0 Å². The monoisotopic (exact) mass is 405 g/mol. The van der Waals surface area contributed by atoms with Gasteiger partial charge in [0.25, 0.3) is 6.43 Å². The highest BCUT2D eigenvalue weighted by atomic mass is 19.3. The summed E-state index contributed by atoms with van der Waals surface area (Å²) in [5.41, 5.74) is 5.03. The fraction of sp³-hybridized carbons (Fsp3) is 0.160. The average molecular weight is 405 g/mol. The van der Waals surface area contributed by atoms with Crippen LogP contribution in [0.25, 0.3) is 17.2 Å². The molecule has 0 saturated heterocycles. The van der Waals surface area contributed by atoms with E-state index in [2.05, 4.69) is 29.6 Å². The summed E-state index contributed by atoms with van der Waals surface area (Å²) in [5.74, 6) is -0.00314. The maximum Gasteiger partial charge on any atom is 0.407 e.